The van der Waals surface area contributed by atoms with Crippen LogP contribution in [0.25, 0.3) is 0 Å². The maximum atomic E-state index is 10.4. The molecular formula is C7H10O6S. The molecular weight excluding hydrogens is 212 g/mol. The van der Waals surface area contributed by atoms with E-state index >= 15 is 0 Å². The van der Waals surface area contributed by atoms with Crippen LogP contribution in [-0.2, 0) is 14.4 Å². The van der Waals surface area contributed by atoms with E-state index < -0.39 is 23.8 Å². The number of carbonyl (C=O) groups is 3. The van der Waals surface area contributed by atoms with Crippen LogP contribution < -0.4 is 0 Å². The first kappa shape index (κ1) is 12.8. The zero-order valence-electron chi connectivity index (χ0n) is 7.17. The highest BCUT2D eigenvalue weighted by atomic mass is 32.2. The van der Waals surface area contributed by atoms with Gasteiger partial charge in [-0.3, -0.25) is 14.4 Å². The van der Waals surface area contributed by atoms with Crippen molar-refractivity contribution in [2.45, 2.75) is 6.42 Å². The number of hydrogen-bond donors (Lipinski definition) is 3. The van der Waals surface area contributed by atoms with Crippen LogP contribution in [0.15, 0.2) is 0 Å². The molecule has 3 N–H and O–H groups in total. The van der Waals surface area contributed by atoms with E-state index in [0.29, 0.717) is 0 Å². The lowest BCUT2D eigenvalue weighted by Gasteiger charge is -2.05. The summed E-state index contributed by atoms with van der Waals surface area (Å²) in [4.78, 5) is 30.8. The molecule has 80 valence electrons. The molecule has 0 aromatic heterocycles. The van der Waals surface area contributed by atoms with Gasteiger partial charge in [-0.05, 0) is 0 Å². The molecule has 0 atom stereocenters. The molecule has 0 unspecified atom stereocenters. The normalized spacial score (nSPS) is 10.1. The molecule has 0 aromatic carbocycles. The largest absolute Gasteiger partial charge is 0.481 e. The topological polar surface area (TPSA) is 112 Å². The van der Waals surface area contributed by atoms with Crippen LogP contribution in [0.5, 0.6) is 0 Å². The zero-order valence-corrected chi connectivity index (χ0v) is 7.99. The summed E-state index contributed by atoms with van der Waals surface area (Å²) >= 11 is 1.00. The Morgan fingerprint density at radius 3 is 1.93 bits per heavy atom. The summed E-state index contributed by atoms with van der Waals surface area (Å²) in [6, 6.07) is 0. The van der Waals surface area contributed by atoms with E-state index in [-0.39, 0.29) is 17.9 Å². The quantitative estimate of drug-likeness (QED) is 0.410. The summed E-state index contributed by atoms with van der Waals surface area (Å²) in [6.45, 7) is 0. The highest BCUT2D eigenvalue weighted by Crippen LogP contribution is 2.10. The first-order chi connectivity index (χ1) is 6.45. The van der Waals surface area contributed by atoms with Crippen LogP contribution in [0, 0.1) is 5.92 Å². The fraction of sp³-hybridized carbons (Fsp3) is 0.571. The number of carboxylic acid groups (broad SMARTS) is 3. The first-order valence-corrected chi connectivity index (χ1v) is 4.85. The lowest BCUT2D eigenvalue weighted by atomic mass is 10.2. The van der Waals surface area contributed by atoms with Crippen molar-refractivity contribution in [3.8, 4) is 0 Å². The lowest BCUT2D eigenvalue weighted by molar-refractivity contribution is -0.153. The third-order valence-corrected chi connectivity index (χ3v) is 2.40. The van der Waals surface area contributed by atoms with Crippen LogP contribution in [0.4, 0.5) is 0 Å². The van der Waals surface area contributed by atoms with Gasteiger partial charge in [0.1, 0.15) is 0 Å². The highest BCUT2D eigenvalue weighted by Gasteiger charge is 2.25. The number of hydrogen-bond acceptors (Lipinski definition) is 4. The minimum atomic E-state index is -1.46. The molecule has 0 spiro atoms. The highest BCUT2D eigenvalue weighted by molar-refractivity contribution is 7.99. The molecule has 6 nitrogen and oxygen atoms in total. The summed E-state index contributed by atoms with van der Waals surface area (Å²) in [7, 11) is 0. The second-order valence-corrected chi connectivity index (χ2v) is 3.60. The molecule has 0 bridgehead atoms. The van der Waals surface area contributed by atoms with Crippen molar-refractivity contribution in [3.63, 3.8) is 0 Å². The average Bonchev–Trinajstić information content (AvgIpc) is 2.01. The third kappa shape index (κ3) is 5.41. The van der Waals surface area contributed by atoms with Crippen molar-refractivity contribution in [1.82, 2.24) is 0 Å². The van der Waals surface area contributed by atoms with Gasteiger partial charge < -0.3 is 15.3 Å². The molecule has 0 fully saturated rings. The van der Waals surface area contributed by atoms with Gasteiger partial charge in [-0.25, -0.2) is 0 Å². The van der Waals surface area contributed by atoms with E-state index in [4.69, 9.17) is 15.3 Å². The van der Waals surface area contributed by atoms with E-state index in [1.54, 1.807) is 0 Å². The molecule has 0 aliphatic heterocycles. The molecule has 0 aliphatic rings. The summed E-state index contributed by atoms with van der Waals surface area (Å²) in [5, 5.41) is 25.1. The molecule has 0 aliphatic carbocycles. The van der Waals surface area contributed by atoms with E-state index in [2.05, 4.69) is 0 Å². The maximum absolute atomic E-state index is 10.4. The van der Waals surface area contributed by atoms with Crippen molar-refractivity contribution in [1.29, 1.82) is 0 Å². The van der Waals surface area contributed by atoms with Crippen LogP contribution in [0.1, 0.15) is 6.42 Å². The molecule has 0 radical (unpaired) electrons. The predicted octanol–water partition coefficient (Wildman–Crippen LogP) is -0.0203. The Morgan fingerprint density at radius 1 is 1.07 bits per heavy atom. The van der Waals surface area contributed by atoms with Crippen molar-refractivity contribution in [3.05, 3.63) is 0 Å². The van der Waals surface area contributed by atoms with Crippen LogP contribution >= 0.6 is 11.8 Å². The van der Waals surface area contributed by atoms with Gasteiger partial charge in [-0.15, -0.1) is 0 Å². The number of rotatable bonds is 7. The molecule has 14 heavy (non-hydrogen) atoms. The molecule has 0 heterocycles. The van der Waals surface area contributed by atoms with Crippen molar-refractivity contribution >= 4 is 29.7 Å². The van der Waals surface area contributed by atoms with Gasteiger partial charge in [0, 0.05) is 11.5 Å². The molecule has 0 amide bonds. The van der Waals surface area contributed by atoms with Crippen LogP contribution in [-0.4, -0.2) is 44.7 Å². The predicted molar refractivity (Wildman–Crippen MR) is 48.3 cm³/mol. The van der Waals surface area contributed by atoms with Gasteiger partial charge in [-0.1, -0.05) is 0 Å². The molecule has 0 saturated heterocycles. The summed E-state index contributed by atoms with van der Waals surface area (Å²) < 4.78 is 0. The van der Waals surface area contributed by atoms with Crippen LogP contribution in [0.3, 0.4) is 0 Å². The van der Waals surface area contributed by atoms with Gasteiger partial charge >= 0.3 is 17.9 Å². The van der Waals surface area contributed by atoms with Crippen molar-refractivity contribution in [2.75, 3.05) is 11.5 Å². The Bertz CT molecular complexity index is 224. The second-order valence-electron chi connectivity index (χ2n) is 2.45. The SMILES string of the molecule is O=C(O)CCSCC(C(=O)O)C(=O)O. The summed E-state index contributed by atoms with van der Waals surface area (Å²) in [5.74, 6) is -5.15. The summed E-state index contributed by atoms with van der Waals surface area (Å²) in [5.41, 5.74) is 0. The zero-order chi connectivity index (χ0) is 11.1. The smallest absolute Gasteiger partial charge is 0.318 e. The maximum Gasteiger partial charge on any atom is 0.318 e. The van der Waals surface area contributed by atoms with E-state index in [9.17, 15) is 14.4 Å². The molecule has 0 saturated carbocycles. The van der Waals surface area contributed by atoms with Gasteiger partial charge in [0.15, 0.2) is 5.92 Å². The van der Waals surface area contributed by atoms with E-state index in [1.807, 2.05) is 0 Å². The first-order valence-electron chi connectivity index (χ1n) is 3.70. The lowest BCUT2D eigenvalue weighted by Crippen LogP contribution is -2.25. The molecule has 0 aromatic rings. The average molecular weight is 222 g/mol. The number of thioether (sulfide) groups is 1. The molecule has 0 rings (SSSR count). The number of carboxylic acids is 3. The van der Waals surface area contributed by atoms with E-state index in [0.717, 1.165) is 11.8 Å². The Labute approximate surface area is 83.9 Å². The van der Waals surface area contributed by atoms with Crippen molar-refractivity contribution < 1.29 is 29.7 Å². The third-order valence-electron chi connectivity index (χ3n) is 1.34. The fourth-order valence-electron chi connectivity index (χ4n) is 0.609. The van der Waals surface area contributed by atoms with Gasteiger partial charge in [0.2, 0.25) is 0 Å². The van der Waals surface area contributed by atoms with Gasteiger partial charge in [0.05, 0.1) is 6.42 Å². The van der Waals surface area contributed by atoms with Crippen LogP contribution in [0.2, 0.25) is 0 Å². The minimum Gasteiger partial charge on any atom is -0.481 e. The fourth-order valence-corrected chi connectivity index (χ4v) is 1.62. The van der Waals surface area contributed by atoms with Gasteiger partial charge in [0.25, 0.3) is 0 Å². The Morgan fingerprint density at radius 2 is 1.57 bits per heavy atom. The van der Waals surface area contributed by atoms with Crippen molar-refractivity contribution in [2.24, 2.45) is 5.92 Å². The number of aliphatic carboxylic acids is 3. The van der Waals surface area contributed by atoms with Gasteiger partial charge in [-0.2, -0.15) is 11.8 Å². The van der Waals surface area contributed by atoms with E-state index in [1.165, 1.54) is 0 Å². The minimum absolute atomic E-state index is 0.101. The Balaban J connectivity index is 3.78. The second kappa shape index (κ2) is 6.25. The Hall–Kier alpha value is -1.24. The monoisotopic (exact) mass is 222 g/mol. The standard InChI is InChI=1S/C7H10O6S/c8-5(9)1-2-14-3-4(6(10)11)7(12)13/h4H,1-3H2,(H,8,9)(H,10,11)(H,12,13). The Kier molecular flexibility index (Phi) is 5.70. The molecule has 7 heteroatoms. The summed E-state index contributed by atoms with van der Waals surface area (Å²) in [6.07, 6.45) is -0.101.